The summed E-state index contributed by atoms with van der Waals surface area (Å²) in [5, 5.41) is 10.8. The molecular formula is C25H23N5O2. The van der Waals surface area contributed by atoms with Crippen LogP contribution < -0.4 is 9.64 Å². The van der Waals surface area contributed by atoms with Crippen LogP contribution in [-0.2, 0) is 0 Å². The number of piperazine rings is 1. The number of hydrogen-bond donors (Lipinski definition) is 0. The van der Waals surface area contributed by atoms with E-state index in [0.29, 0.717) is 43.4 Å². The predicted molar refractivity (Wildman–Crippen MR) is 124 cm³/mol. The van der Waals surface area contributed by atoms with Crippen LogP contribution in [0, 0.1) is 0 Å². The van der Waals surface area contributed by atoms with Crippen molar-refractivity contribution in [3.8, 4) is 17.0 Å². The van der Waals surface area contributed by atoms with E-state index in [0.717, 1.165) is 16.6 Å². The first-order chi connectivity index (χ1) is 15.7. The van der Waals surface area contributed by atoms with Gasteiger partial charge in [-0.3, -0.25) is 4.79 Å². The number of methoxy groups -OCH3 is 1. The minimum absolute atomic E-state index is 0.00695. The highest BCUT2D eigenvalue weighted by Crippen LogP contribution is 2.24. The fourth-order valence-electron chi connectivity index (χ4n) is 3.96. The second-order valence-electron chi connectivity index (χ2n) is 7.71. The summed E-state index contributed by atoms with van der Waals surface area (Å²) in [5.41, 5.74) is 2.43. The maximum atomic E-state index is 12.9. The number of hydrogen-bond acceptors (Lipinski definition) is 6. The van der Waals surface area contributed by atoms with Gasteiger partial charge >= 0.3 is 0 Å². The molecule has 5 rings (SSSR count). The molecule has 0 bridgehead atoms. The zero-order chi connectivity index (χ0) is 21.9. The molecule has 0 radical (unpaired) electrons. The Morgan fingerprint density at radius 2 is 1.72 bits per heavy atom. The van der Waals surface area contributed by atoms with E-state index in [1.165, 1.54) is 5.39 Å². The first-order valence-corrected chi connectivity index (χ1v) is 10.6. The van der Waals surface area contributed by atoms with Gasteiger partial charge in [0.05, 0.1) is 19.0 Å². The monoisotopic (exact) mass is 425 g/mol. The second-order valence-corrected chi connectivity index (χ2v) is 7.71. The molecule has 1 aliphatic rings. The summed E-state index contributed by atoms with van der Waals surface area (Å²) in [4.78, 5) is 21.6. The Morgan fingerprint density at radius 1 is 0.906 bits per heavy atom. The van der Waals surface area contributed by atoms with Gasteiger partial charge < -0.3 is 14.5 Å². The van der Waals surface area contributed by atoms with Crippen LogP contribution in [0.3, 0.4) is 0 Å². The molecule has 160 valence electrons. The van der Waals surface area contributed by atoms with Gasteiger partial charge in [0.2, 0.25) is 5.95 Å². The van der Waals surface area contributed by atoms with Crippen molar-refractivity contribution >= 4 is 22.6 Å². The van der Waals surface area contributed by atoms with Crippen LogP contribution in [0.25, 0.3) is 22.0 Å². The van der Waals surface area contributed by atoms with Crippen molar-refractivity contribution in [1.29, 1.82) is 0 Å². The molecule has 1 amide bonds. The normalized spacial score (nSPS) is 13.9. The molecule has 4 aromatic rings. The highest BCUT2D eigenvalue weighted by Gasteiger charge is 2.24. The van der Waals surface area contributed by atoms with E-state index in [9.17, 15) is 4.79 Å². The Hall–Kier alpha value is -4.00. The summed E-state index contributed by atoms with van der Waals surface area (Å²) in [6.45, 7) is 2.50. The molecular weight excluding hydrogens is 402 g/mol. The average Bonchev–Trinajstić information content (AvgIpc) is 2.88. The van der Waals surface area contributed by atoms with Crippen molar-refractivity contribution in [2.24, 2.45) is 0 Å². The van der Waals surface area contributed by atoms with Crippen molar-refractivity contribution in [3.63, 3.8) is 0 Å². The molecule has 0 unspecified atom stereocenters. The molecule has 1 aromatic heterocycles. The van der Waals surface area contributed by atoms with Gasteiger partial charge in [0.25, 0.3) is 5.91 Å². The van der Waals surface area contributed by atoms with Gasteiger partial charge in [0, 0.05) is 37.3 Å². The van der Waals surface area contributed by atoms with Crippen LogP contribution in [0.5, 0.6) is 5.75 Å². The number of benzene rings is 3. The van der Waals surface area contributed by atoms with E-state index < -0.39 is 0 Å². The van der Waals surface area contributed by atoms with E-state index in [1.54, 1.807) is 19.4 Å². The third kappa shape index (κ3) is 3.97. The number of aromatic nitrogens is 3. The molecule has 2 heterocycles. The van der Waals surface area contributed by atoms with Gasteiger partial charge in [-0.2, -0.15) is 5.10 Å². The largest absolute Gasteiger partial charge is 0.497 e. The molecule has 0 spiro atoms. The van der Waals surface area contributed by atoms with Crippen molar-refractivity contribution in [1.82, 2.24) is 20.1 Å². The third-order valence-corrected chi connectivity index (χ3v) is 5.76. The standard InChI is InChI=1S/C25H23N5O2/c1-32-22-8-4-7-21(16-22)24(31)29-11-13-30(14-12-29)25-27-23(17-26-28-25)20-10-9-18-5-2-3-6-19(18)15-20/h2-10,15-17H,11-14H2,1H3. The zero-order valence-corrected chi connectivity index (χ0v) is 17.8. The van der Waals surface area contributed by atoms with Gasteiger partial charge in [-0.05, 0) is 35.0 Å². The summed E-state index contributed by atoms with van der Waals surface area (Å²) < 4.78 is 5.24. The Bertz CT molecular complexity index is 1270. The van der Waals surface area contributed by atoms with Crippen LogP contribution in [-0.4, -0.2) is 59.3 Å². The van der Waals surface area contributed by atoms with E-state index in [2.05, 4.69) is 45.4 Å². The molecule has 0 aliphatic carbocycles. The average molecular weight is 425 g/mol. The molecule has 0 atom stereocenters. The lowest BCUT2D eigenvalue weighted by atomic mass is 10.1. The number of anilines is 1. The van der Waals surface area contributed by atoms with E-state index in [4.69, 9.17) is 9.72 Å². The highest BCUT2D eigenvalue weighted by atomic mass is 16.5. The molecule has 0 N–H and O–H groups in total. The van der Waals surface area contributed by atoms with Crippen molar-refractivity contribution in [3.05, 3.63) is 78.5 Å². The van der Waals surface area contributed by atoms with Crippen LogP contribution in [0.15, 0.2) is 72.9 Å². The summed E-state index contributed by atoms with van der Waals surface area (Å²) in [6.07, 6.45) is 1.69. The van der Waals surface area contributed by atoms with E-state index in [1.807, 2.05) is 35.2 Å². The molecule has 7 heteroatoms. The number of amides is 1. The number of ether oxygens (including phenoxy) is 1. The Morgan fingerprint density at radius 3 is 2.53 bits per heavy atom. The fraction of sp³-hybridized carbons (Fsp3) is 0.200. The number of carbonyl (C=O) groups is 1. The van der Waals surface area contributed by atoms with Crippen LogP contribution in [0.4, 0.5) is 5.95 Å². The lowest BCUT2D eigenvalue weighted by Crippen LogP contribution is -2.49. The fourth-order valence-corrected chi connectivity index (χ4v) is 3.96. The molecule has 1 aliphatic heterocycles. The number of nitrogens with zero attached hydrogens (tertiary/aromatic N) is 5. The van der Waals surface area contributed by atoms with Crippen molar-refractivity contribution in [2.75, 3.05) is 38.2 Å². The lowest BCUT2D eigenvalue weighted by Gasteiger charge is -2.34. The molecule has 7 nitrogen and oxygen atoms in total. The van der Waals surface area contributed by atoms with Gasteiger partial charge in [-0.1, -0.05) is 42.5 Å². The second kappa shape index (κ2) is 8.63. The van der Waals surface area contributed by atoms with Gasteiger partial charge in [0.1, 0.15) is 5.75 Å². The zero-order valence-electron chi connectivity index (χ0n) is 17.8. The molecule has 1 fully saturated rings. The molecule has 0 saturated carbocycles. The van der Waals surface area contributed by atoms with Crippen LogP contribution in [0.1, 0.15) is 10.4 Å². The Balaban J connectivity index is 1.30. The summed E-state index contributed by atoms with van der Waals surface area (Å²) in [5.74, 6) is 1.27. The van der Waals surface area contributed by atoms with E-state index in [-0.39, 0.29) is 5.91 Å². The first-order valence-electron chi connectivity index (χ1n) is 10.6. The number of carbonyl (C=O) groups excluding carboxylic acids is 1. The number of rotatable bonds is 4. The maximum Gasteiger partial charge on any atom is 0.254 e. The van der Waals surface area contributed by atoms with E-state index >= 15 is 0 Å². The number of fused-ring (bicyclic) bond motifs is 1. The highest BCUT2D eigenvalue weighted by molar-refractivity contribution is 5.94. The van der Waals surface area contributed by atoms with Crippen LogP contribution in [0.2, 0.25) is 0 Å². The SMILES string of the molecule is COc1cccc(C(=O)N2CCN(c3nncc(-c4ccc5ccccc5c4)n3)CC2)c1. The quantitative estimate of drug-likeness (QED) is 0.497. The Kier molecular flexibility index (Phi) is 5.37. The molecule has 3 aromatic carbocycles. The van der Waals surface area contributed by atoms with Crippen molar-refractivity contribution < 1.29 is 9.53 Å². The summed E-state index contributed by atoms with van der Waals surface area (Å²) in [7, 11) is 1.60. The molecule has 1 saturated heterocycles. The van der Waals surface area contributed by atoms with Gasteiger partial charge in [-0.25, -0.2) is 4.98 Å². The third-order valence-electron chi connectivity index (χ3n) is 5.76. The Labute approximate surface area is 186 Å². The maximum absolute atomic E-state index is 12.9. The summed E-state index contributed by atoms with van der Waals surface area (Å²) >= 11 is 0. The van der Waals surface area contributed by atoms with Crippen LogP contribution >= 0.6 is 0 Å². The summed E-state index contributed by atoms with van der Waals surface area (Å²) in [6, 6.07) is 21.8. The minimum Gasteiger partial charge on any atom is -0.497 e. The predicted octanol–water partition coefficient (Wildman–Crippen LogP) is 3.66. The van der Waals surface area contributed by atoms with Crippen molar-refractivity contribution in [2.45, 2.75) is 0 Å². The van der Waals surface area contributed by atoms with Gasteiger partial charge in [0.15, 0.2) is 0 Å². The van der Waals surface area contributed by atoms with Gasteiger partial charge in [-0.15, -0.1) is 5.10 Å². The minimum atomic E-state index is 0.00695. The first kappa shape index (κ1) is 19.9. The smallest absolute Gasteiger partial charge is 0.254 e. The lowest BCUT2D eigenvalue weighted by molar-refractivity contribution is 0.0746. The molecule has 32 heavy (non-hydrogen) atoms. The topological polar surface area (TPSA) is 71.5 Å².